The van der Waals surface area contributed by atoms with Crippen molar-refractivity contribution >= 4 is 32.0 Å². The molecule has 30 heavy (non-hydrogen) atoms. The van der Waals surface area contributed by atoms with Crippen molar-refractivity contribution < 1.29 is 22.3 Å². The minimum atomic E-state index is -3.82. The second-order valence-electron chi connectivity index (χ2n) is 6.79. The number of rotatable bonds is 5. The number of fused-ring (bicyclic) bond motifs is 4. The minimum absolute atomic E-state index is 0.0646. The molecule has 0 saturated carbocycles. The van der Waals surface area contributed by atoms with Crippen LogP contribution in [0.4, 0.5) is 0 Å². The molecule has 4 aromatic rings. The van der Waals surface area contributed by atoms with E-state index in [1.165, 1.54) is 18.2 Å². The van der Waals surface area contributed by atoms with Gasteiger partial charge in [0.05, 0.1) is 16.7 Å². The van der Waals surface area contributed by atoms with Crippen molar-refractivity contribution in [3.05, 3.63) is 58.7 Å². The normalized spacial score (nSPS) is 13.4. The molecule has 5 rings (SSSR count). The Balaban J connectivity index is 1.51. The zero-order valence-corrected chi connectivity index (χ0v) is 16.7. The first-order chi connectivity index (χ1) is 14.5. The van der Waals surface area contributed by atoms with E-state index < -0.39 is 15.6 Å². The summed E-state index contributed by atoms with van der Waals surface area (Å²) in [5.41, 5.74) is 1.21. The summed E-state index contributed by atoms with van der Waals surface area (Å²) in [5.74, 6) is 1.22. The topological polar surface area (TPSA) is 113 Å². The summed E-state index contributed by atoms with van der Waals surface area (Å²) >= 11 is 0. The Kier molecular flexibility index (Phi) is 4.26. The lowest BCUT2D eigenvalue weighted by atomic mass is 10.2. The van der Waals surface area contributed by atoms with Crippen LogP contribution in [0.25, 0.3) is 22.0 Å². The molecule has 0 atom stereocenters. The number of nitrogens with zero attached hydrogens (tertiary/aromatic N) is 2. The molecule has 154 valence electrons. The van der Waals surface area contributed by atoms with Crippen LogP contribution in [0.5, 0.6) is 11.5 Å². The third kappa shape index (κ3) is 3.01. The molecule has 1 aliphatic rings. The Hall–Kier alpha value is -3.37. The second kappa shape index (κ2) is 6.85. The van der Waals surface area contributed by atoms with Gasteiger partial charge in [0.25, 0.3) is 0 Å². The van der Waals surface area contributed by atoms with Gasteiger partial charge in [0.1, 0.15) is 5.58 Å². The molecule has 3 heterocycles. The molecule has 0 bridgehead atoms. The van der Waals surface area contributed by atoms with E-state index in [-0.39, 0.29) is 23.7 Å². The van der Waals surface area contributed by atoms with Gasteiger partial charge in [-0.25, -0.2) is 22.9 Å². The molecule has 0 spiro atoms. The highest BCUT2D eigenvalue weighted by atomic mass is 32.2. The summed E-state index contributed by atoms with van der Waals surface area (Å²) in [6.07, 6.45) is 1.54. The van der Waals surface area contributed by atoms with Gasteiger partial charge in [-0.05, 0) is 42.8 Å². The Bertz CT molecular complexity index is 1450. The van der Waals surface area contributed by atoms with Gasteiger partial charge in [-0.3, -0.25) is 0 Å². The van der Waals surface area contributed by atoms with Crippen LogP contribution in [0.1, 0.15) is 12.5 Å². The maximum absolute atomic E-state index is 12.9. The molecule has 2 aromatic heterocycles. The first-order valence-electron chi connectivity index (χ1n) is 9.26. The van der Waals surface area contributed by atoms with Crippen molar-refractivity contribution in [1.29, 1.82) is 0 Å². The van der Waals surface area contributed by atoms with Gasteiger partial charge >= 0.3 is 5.63 Å². The van der Waals surface area contributed by atoms with E-state index in [1.807, 2.05) is 6.92 Å². The number of imidazole rings is 1. The van der Waals surface area contributed by atoms with E-state index in [1.54, 1.807) is 29.1 Å². The van der Waals surface area contributed by atoms with E-state index in [9.17, 15) is 13.2 Å². The Labute approximate surface area is 170 Å². The summed E-state index contributed by atoms with van der Waals surface area (Å²) < 4.78 is 46.1. The van der Waals surface area contributed by atoms with Gasteiger partial charge in [0.2, 0.25) is 16.8 Å². The van der Waals surface area contributed by atoms with Crippen LogP contribution in [0.3, 0.4) is 0 Å². The third-order valence-corrected chi connectivity index (χ3v) is 6.39. The number of aromatic nitrogens is 2. The van der Waals surface area contributed by atoms with Crippen molar-refractivity contribution in [3.63, 3.8) is 0 Å². The van der Waals surface area contributed by atoms with Crippen molar-refractivity contribution in [1.82, 2.24) is 14.3 Å². The molecule has 0 fully saturated rings. The van der Waals surface area contributed by atoms with Gasteiger partial charge in [0.15, 0.2) is 17.0 Å². The average Bonchev–Trinajstić information content (AvgIpc) is 3.39. The van der Waals surface area contributed by atoms with Gasteiger partial charge in [-0.2, -0.15) is 0 Å². The summed E-state index contributed by atoms with van der Waals surface area (Å²) in [6, 6.07) is 9.64. The fraction of sp³-hybridized carbons (Fsp3) is 0.200. The molecule has 9 nitrogen and oxygen atoms in total. The monoisotopic (exact) mass is 427 g/mol. The molecule has 2 aromatic carbocycles. The smallest absolute Gasteiger partial charge is 0.364 e. The van der Waals surface area contributed by atoms with Crippen molar-refractivity contribution in [2.75, 3.05) is 6.79 Å². The molecular weight excluding hydrogens is 410 g/mol. The maximum atomic E-state index is 12.9. The van der Waals surface area contributed by atoms with E-state index in [4.69, 9.17) is 13.9 Å². The number of hydrogen-bond acceptors (Lipinski definition) is 7. The summed E-state index contributed by atoms with van der Waals surface area (Å²) in [6.45, 7) is 2.73. The highest BCUT2D eigenvalue weighted by Crippen LogP contribution is 2.32. The van der Waals surface area contributed by atoms with Crippen molar-refractivity contribution in [2.45, 2.75) is 24.9 Å². The van der Waals surface area contributed by atoms with Crippen LogP contribution in [0.2, 0.25) is 0 Å². The van der Waals surface area contributed by atoms with Crippen LogP contribution < -0.4 is 19.8 Å². The summed E-state index contributed by atoms with van der Waals surface area (Å²) in [5, 5.41) is 0.509. The molecule has 0 amide bonds. The molecule has 10 heteroatoms. The number of sulfonamides is 1. The van der Waals surface area contributed by atoms with E-state index in [0.29, 0.717) is 34.5 Å². The predicted molar refractivity (Wildman–Crippen MR) is 108 cm³/mol. The number of benzene rings is 2. The molecule has 1 N–H and O–H groups in total. The first-order valence-corrected chi connectivity index (χ1v) is 10.7. The van der Waals surface area contributed by atoms with E-state index in [0.717, 1.165) is 5.56 Å². The Morgan fingerprint density at radius 1 is 1.13 bits per heavy atom. The van der Waals surface area contributed by atoms with Crippen molar-refractivity contribution in [3.8, 4) is 11.5 Å². The zero-order chi connectivity index (χ0) is 20.9. The molecular formula is C20H17N3O6S. The highest BCUT2D eigenvalue weighted by Gasteiger charge is 2.19. The van der Waals surface area contributed by atoms with Crippen molar-refractivity contribution in [2.24, 2.45) is 0 Å². The lowest BCUT2D eigenvalue weighted by Crippen LogP contribution is -2.23. The number of hydrogen-bond donors (Lipinski definition) is 1. The number of aryl methyl sites for hydroxylation is 1. The second-order valence-corrected chi connectivity index (χ2v) is 8.55. The SMILES string of the molecule is CCn1cnc2c(=O)oc3ccc(S(=O)(=O)NCc4ccc5c(c4)OCO5)cc3c21. The quantitative estimate of drug-likeness (QED) is 0.487. The van der Waals surface area contributed by atoms with E-state index in [2.05, 4.69) is 9.71 Å². The van der Waals surface area contributed by atoms with E-state index >= 15 is 0 Å². The van der Waals surface area contributed by atoms with Crippen LogP contribution in [-0.4, -0.2) is 24.8 Å². The summed E-state index contributed by atoms with van der Waals surface area (Å²) in [4.78, 5) is 16.3. The number of nitrogens with one attached hydrogen (secondary N) is 1. The molecule has 1 aliphatic heterocycles. The predicted octanol–water partition coefficient (Wildman–Crippen LogP) is 2.37. The third-order valence-electron chi connectivity index (χ3n) is 4.99. The lowest BCUT2D eigenvalue weighted by Gasteiger charge is -2.09. The Morgan fingerprint density at radius 2 is 1.97 bits per heavy atom. The van der Waals surface area contributed by atoms with Crippen LogP contribution in [0, 0.1) is 0 Å². The average molecular weight is 427 g/mol. The largest absolute Gasteiger partial charge is 0.454 e. The fourth-order valence-corrected chi connectivity index (χ4v) is 4.51. The van der Waals surface area contributed by atoms with Crippen LogP contribution in [-0.2, 0) is 23.1 Å². The summed E-state index contributed by atoms with van der Waals surface area (Å²) in [7, 11) is -3.82. The van der Waals surface area contributed by atoms with Gasteiger partial charge in [-0.15, -0.1) is 0 Å². The van der Waals surface area contributed by atoms with Gasteiger partial charge < -0.3 is 18.5 Å². The maximum Gasteiger partial charge on any atom is 0.364 e. The molecule has 0 unspecified atom stereocenters. The highest BCUT2D eigenvalue weighted by molar-refractivity contribution is 7.89. The number of ether oxygens (including phenoxy) is 2. The first kappa shape index (κ1) is 18.6. The van der Waals surface area contributed by atoms with Crippen LogP contribution in [0.15, 0.2) is 56.8 Å². The Morgan fingerprint density at radius 3 is 2.80 bits per heavy atom. The van der Waals surface area contributed by atoms with Gasteiger partial charge in [0, 0.05) is 18.5 Å². The lowest BCUT2D eigenvalue weighted by molar-refractivity contribution is 0.174. The zero-order valence-electron chi connectivity index (χ0n) is 15.9. The molecule has 0 radical (unpaired) electrons. The minimum Gasteiger partial charge on any atom is -0.454 e. The molecule has 0 saturated heterocycles. The molecule has 0 aliphatic carbocycles. The fourth-order valence-electron chi connectivity index (χ4n) is 3.46. The standard InChI is InChI=1S/C20H17N3O6S/c1-2-23-10-21-18-19(23)14-8-13(4-6-15(14)29-20(18)24)30(25,26)22-9-12-3-5-16-17(7-12)28-11-27-16/h3-8,10,22H,2,9,11H2,1H3. The van der Waals surface area contributed by atoms with Crippen LogP contribution >= 0.6 is 0 Å². The van der Waals surface area contributed by atoms with Gasteiger partial charge in [-0.1, -0.05) is 6.07 Å².